The molecule has 2 aliphatic heterocycles. The Hall–Kier alpha value is -4.01. The average molecular weight is 476 g/mol. The third-order valence-electron chi connectivity index (χ3n) is 7.06. The minimum atomic E-state index is -1.21. The van der Waals surface area contributed by atoms with E-state index in [-0.39, 0.29) is 17.0 Å². The second-order valence-corrected chi connectivity index (χ2v) is 9.25. The van der Waals surface area contributed by atoms with Gasteiger partial charge in [0.15, 0.2) is 6.61 Å². The molecule has 9 nitrogen and oxygen atoms in total. The van der Waals surface area contributed by atoms with Crippen molar-refractivity contribution in [2.75, 3.05) is 16.8 Å². The molecule has 5 rings (SSSR count). The summed E-state index contributed by atoms with van der Waals surface area (Å²) in [4.78, 5) is 67.1. The van der Waals surface area contributed by atoms with E-state index in [2.05, 4.69) is 5.32 Å². The number of ether oxygens (including phenoxy) is 1. The van der Waals surface area contributed by atoms with Gasteiger partial charge in [-0.3, -0.25) is 29.0 Å². The van der Waals surface area contributed by atoms with Gasteiger partial charge in [0.2, 0.25) is 0 Å². The van der Waals surface area contributed by atoms with Crippen LogP contribution in [0.3, 0.4) is 0 Å². The monoisotopic (exact) mass is 475 g/mol. The molecule has 2 aromatic carbocycles. The molecular formula is C26H25N3O6. The number of rotatable bonds is 4. The van der Waals surface area contributed by atoms with Gasteiger partial charge in [0.1, 0.15) is 11.6 Å². The molecule has 2 aromatic rings. The van der Waals surface area contributed by atoms with Crippen LogP contribution in [-0.2, 0) is 19.1 Å². The Morgan fingerprint density at radius 1 is 1.03 bits per heavy atom. The summed E-state index contributed by atoms with van der Waals surface area (Å²) in [5.41, 5.74) is 1.34. The van der Waals surface area contributed by atoms with Crippen LogP contribution in [0.1, 0.15) is 58.9 Å². The molecule has 1 N–H and O–H groups in total. The van der Waals surface area contributed by atoms with Crippen molar-refractivity contribution in [1.82, 2.24) is 4.90 Å². The summed E-state index contributed by atoms with van der Waals surface area (Å²) in [5, 5.41) is 2.90. The summed E-state index contributed by atoms with van der Waals surface area (Å²) in [5.74, 6) is -2.81. The molecule has 1 fully saturated rings. The minimum Gasteiger partial charge on any atom is -0.454 e. The van der Waals surface area contributed by atoms with E-state index in [1.165, 1.54) is 11.8 Å². The van der Waals surface area contributed by atoms with Crippen LogP contribution in [0.5, 0.6) is 0 Å². The fraction of sp³-hybridized carbons (Fsp3) is 0.346. The van der Waals surface area contributed by atoms with Crippen molar-refractivity contribution in [3.63, 3.8) is 0 Å². The SMILES string of the molecule is Cc1ccc2c(c1)C(=O)N(C(C)C(=O)OCC(=O)N1c3ccccc3NC(=O)C13CCCC3)C2=O. The van der Waals surface area contributed by atoms with Crippen molar-refractivity contribution in [2.45, 2.75) is 51.1 Å². The quantitative estimate of drug-likeness (QED) is 0.538. The third kappa shape index (κ3) is 3.50. The van der Waals surface area contributed by atoms with E-state index in [0.717, 1.165) is 23.3 Å². The molecule has 9 heteroatoms. The molecule has 1 unspecified atom stereocenters. The molecule has 3 aliphatic rings. The van der Waals surface area contributed by atoms with Crippen LogP contribution >= 0.6 is 0 Å². The predicted molar refractivity (Wildman–Crippen MR) is 126 cm³/mol. The summed E-state index contributed by atoms with van der Waals surface area (Å²) >= 11 is 0. The standard InChI is InChI=1S/C26H25N3O6/c1-15-9-10-17-18(13-15)23(32)28(22(17)31)16(2)24(33)35-14-21(30)29-20-8-4-3-7-19(20)27-25(34)26(29)11-5-6-12-26/h3-4,7-10,13,16H,5-6,11-12,14H2,1-2H3,(H,27,34). The van der Waals surface area contributed by atoms with Gasteiger partial charge in [0.05, 0.1) is 22.5 Å². The Morgan fingerprint density at radius 3 is 2.46 bits per heavy atom. The molecular weight excluding hydrogens is 450 g/mol. The Balaban J connectivity index is 1.34. The first-order chi connectivity index (χ1) is 16.7. The van der Waals surface area contributed by atoms with Crippen molar-refractivity contribution < 1.29 is 28.7 Å². The molecule has 0 aromatic heterocycles. The summed E-state index contributed by atoms with van der Waals surface area (Å²) in [6.07, 6.45) is 2.63. The molecule has 180 valence electrons. The number of carbonyl (C=O) groups is 5. The number of benzene rings is 2. The van der Waals surface area contributed by atoms with E-state index in [9.17, 15) is 24.0 Å². The zero-order valence-corrected chi connectivity index (χ0v) is 19.5. The molecule has 1 saturated carbocycles. The molecule has 0 radical (unpaired) electrons. The number of esters is 1. The number of nitrogens with one attached hydrogen (secondary N) is 1. The van der Waals surface area contributed by atoms with Crippen LogP contribution in [0.15, 0.2) is 42.5 Å². The third-order valence-corrected chi connectivity index (χ3v) is 7.06. The van der Waals surface area contributed by atoms with Gasteiger partial charge in [-0.15, -0.1) is 0 Å². The van der Waals surface area contributed by atoms with E-state index < -0.39 is 41.9 Å². The molecule has 1 aliphatic carbocycles. The van der Waals surface area contributed by atoms with Crippen molar-refractivity contribution in [3.05, 3.63) is 59.2 Å². The van der Waals surface area contributed by atoms with E-state index in [1.54, 1.807) is 49.4 Å². The van der Waals surface area contributed by atoms with Gasteiger partial charge in [0, 0.05) is 0 Å². The zero-order chi connectivity index (χ0) is 24.9. The molecule has 0 bridgehead atoms. The van der Waals surface area contributed by atoms with E-state index in [4.69, 9.17) is 4.74 Å². The van der Waals surface area contributed by atoms with Crippen LogP contribution in [0, 0.1) is 6.92 Å². The maximum absolute atomic E-state index is 13.4. The first kappa shape index (κ1) is 22.8. The molecule has 0 saturated heterocycles. The summed E-state index contributed by atoms with van der Waals surface area (Å²) in [6, 6.07) is 10.7. The van der Waals surface area contributed by atoms with Crippen LogP contribution in [0.2, 0.25) is 0 Å². The first-order valence-corrected chi connectivity index (χ1v) is 11.6. The summed E-state index contributed by atoms with van der Waals surface area (Å²) in [7, 11) is 0. The van der Waals surface area contributed by atoms with Crippen LogP contribution in [0.4, 0.5) is 11.4 Å². The summed E-state index contributed by atoms with van der Waals surface area (Å²) in [6.45, 7) is 2.58. The van der Waals surface area contributed by atoms with Gasteiger partial charge in [-0.2, -0.15) is 0 Å². The lowest BCUT2D eigenvalue weighted by Crippen LogP contribution is -2.61. The number of carbonyl (C=O) groups excluding carboxylic acids is 5. The van der Waals surface area contributed by atoms with Gasteiger partial charge in [-0.1, -0.05) is 36.6 Å². The molecule has 2 heterocycles. The van der Waals surface area contributed by atoms with Crippen LogP contribution < -0.4 is 10.2 Å². The van der Waals surface area contributed by atoms with Crippen LogP contribution in [-0.4, -0.2) is 52.7 Å². The lowest BCUT2D eigenvalue weighted by Gasteiger charge is -2.44. The maximum Gasteiger partial charge on any atom is 0.329 e. The van der Waals surface area contributed by atoms with Gasteiger partial charge in [-0.25, -0.2) is 4.79 Å². The fourth-order valence-corrected chi connectivity index (χ4v) is 5.28. The predicted octanol–water partition coefficient (Wildman–Crippen LogP) is 2.82. The van der Waals surface area contributed by atoms with Gasteiger partial charge in [-0.05, 0) is 51.0 Å². The van der Waals surface area contributed by atoms with E-state index in [0.29, 0.717) is 24.2 Å². The molecule has 35 heavy (non-hydrogen) atoms. The number of hydrogen-bond acceptors (Lipinski definition) is 6. The normalized spacial score (nSPS) is 18.9. The van der Waals surface area contributed by atoms with Gasteiger partial charge >= 0.3 is 5.97 Å². The number of fused-ring (bicyclic) bond motifs is 2. The van der Waals surface area contributed by atoms with Crippen molar-refractivity contribution in [1.29, 1.82) is 0 Å². The highest BCUT2D eigenvalue weighted by atomic mass is 16.5. The Bertz CT molecular complexity index is 1280. The number of aryl methyl sites for hydroxylation is 1. The minimum absolute atomic E-state index is 0.232. The van der Waals surface area contributed by atoms with Gasteiger partial charge in [0.25, 0.3) is 23.6 Å². The smallest absolute Gasteiger partial charge is 0.329 e. The number of hydrogen-bond donors (Lipinski definition) is 1. The number of para-hydroxylation sites is 2. The van der Waals surface area contributed by atoms with Crippen LogP contribution in [0.25, 0.3) is 0 Å². The second kappa shape index (κ2) is 8.33. The summed E-state index contributed by atoms with van der Waals surface area (Å²) < 4.78 is 5.30. The molecule has 1 atom stereocenters. The number of amides is 4. The fourth-order valence-electron chi connectivity index (χ4n) is 5.28. The Kier molecular flexibility index (Phi) is 5.42. The lowest BCUT2D eigenvalue weighted by molar-refractivity contribution is -0.151. The average Bonchev–Trinajstić information content (AvgIpc) is 3.41. The van der Waals surface area contributed by atoms with Gasteiger partial charge < -0.3 is 10.1 Å². The lowest BCUT2D eigenvalue weighted by atomic mass is 9.90. The van der Waals surface area contributed by atoms with Crippen molar-refractivity contribution >= 4 is 41.0 Å². The highest BCUT2D eigenvalue weighted by Crippen LogP contribution is 2.45. The van der Waals surface area contributed by atoms with Crippen molar-refractivity contribution in [2.24, 2.45) is 0 Å². The molecule has 1 spiro atoms. The number of nitrogens with zero attached hydrogens (tertiary/aromatic N) is 2. The highest BCUT2D eigenvalue weighted by Gasteiger charge is 2.52. The van der Waals surface area contributed by atoms with Crippen molar-refractivity contribution in [3.8, 4) is 0 Å². The first-order valence-electron chi connectivity index (χ1n) is 11.6. The number of imide groups is 1. The second-order valence-electron chi connectivity index (χ2n) is 9.25. The zero-order valence-electron chi connectivity index (χ0n) is 19.5. The number of anilines is 2. The molecule has 4 amide bonds. The Morgan fingerprint density at radius 2 is 1.71 bits per heavy atom. The maximum atomic E-state index is 13.4. The highest BCUT2D eigenvalue weighted by molar-refractivity contribution is 6.23. The largest absolute Gasteiger partial charge is 0.454 e. The topological polar surface area (TPSA) is 113 Å². The van der Waals surface area contributed by atoms with E-state index in [1.807, 2.05) is 0 Å². The Labute approximate surface area is 202 Å². The van der Waals surface area contributed by atoms with E-state index >= 15 is 0 Å².